The zero-order valence-corrected chi connectivity index (χ0v) is 14.6. The van der Waals surface area contributed by atoms with Crippen LogP contribution in [0.3, 0.4) is 0 Å². The van der Waals surface area contributed by atoms with Crippen LogP contribution in [0.2, 0.25) is 0 Å². The van der Waals surface area contributed by atoms with Crippen LogP contribution in [0.4, 0.5) is 0 Å². The summed E-state index contributed by atoms with van der Waals surface area (Å²) >= 11 is 0. The number of aryl methyl sites for hydroxylation is 2. The van der Waals surface area contributed by atoms with E-state index < -0.39 is 0 Å². The number of furan rings is 1. The van der Waals surface area contributed by atoms with E-state index in [0.29, 0.717) is 30.7 Å². The Kier molecular flexibility index (Phi) is 4.35. The van der Waals surface area contributed by atoms with Gasteiger partial charge in [-0.25, -0.2) is 0 Å². The molecule has 0 aliphatic carbocycles. The number of carbonyl (C=O) groups excluding carboxylic acids is 1. The molecule has 0 unspecified atom stereocenters. The van der Waals surface area contributed by atoms with E-state index in [1.165, 1.54) is 12.0 Å². The van der Waals surface area contributed by atoms with Gasteiger partial charge in [0.05, 0.1) is 30.4 Å². The molecule has 2 fully saturated rings. The fourth-order valence-corrected chi connectivity index (χ4v) is 3.98. The number of nitrogens with zero attached hydrogens (tertiary/aromatic N) is 3. The van der Waals surface area contributed by atoms with Gasteiger partial charge in [-0.1, -0.05) is 0 Å². The topological polar surface area (TPSA) is 72.5 Å². The predicted molar refractivity (Wildman–Crippen MR) is 91.0 cm³/mol. The summed E-state index contributed by atoms with van der Waals surface area (Å²) in [5, 5.41) is 7.39. The fourth-order valence-electron chi connectivity index (χ4n) is 3.98. The van der Waals surface area contributed by atoms with Crippen molar-refractivity contribution >= 4 is 5.91 Å². The highest BCUT2D eigenvalue weighted by Gasteiger charge is 2.43. The van der Waals surface area contributed by atoms with Crippen LogP contribution in [0.15, 0.2) is 28.9 Å². The summed E-state index contributed by atoms with van der Waals surface area (Å²) in [5.74, 6) is 1.01. The van der Waals surface area contributed by atoms with E-state index in [4.69, 9.17) is 9.15 Å². The van der Waals surface area contributed by atoms with Crippen molar-refractivity contribution in [2.45, 2.75) is 19.6 Å². The lowest BCUT2D eigenvalue weighted by atomic mass is 9.93. The number of ether oxygens (including phenoxy) is 1. The van der Waals surface area contributed by atoms with Crippen molar-refractivity contribution in [1.82, 2.24) is 20.0 Å². The molecule has 2 aromatic heterocycles. The molecule has 1 amide bonds. The number of rotatable bonds is 5. The normalized spacial score (nSPS) is 26.1. The van der Waals surface area contributed by atoms with Gasteiger partial charge >= 0.3 is 0 Å². The van der Waals surface area contributed by atoms with Gasteiger partial charge in [-0.15, -0.1) is 0 Å². The molecule has 134 valence electrons. The van der Waals surface area contributed by atoms with Crippen molar-refractivity contribution in [3.05, 3.63) is 41.6 Å². The number of fused-ring (bicyclic) bond motifs is 1. The number of aromatic nitrogens is 2. The lowest BCUT2D eigenvalue weighted by Crippen LogP contribution is -2.34. The van der Waals surface area contributed by atoms with Gasteiger partial charge in [-0.2, -0.15) is 5.10 Å². The molecule has 2 aromatic rings. The molecule has 3 atom stereocenters. The maximum absolute atomic E-state index is 12.0. The molecular formula is C18H24N4O3. The Morgan fingerprint density at radius 2 is 2.32 bits per heavy atom. The van der Waals surface area contributed by atoms with Crippen LogP contribution >= 0.6 is 0 Å². The van der Waals surface area contributed by atoms with Crippen molar-refractivity contribution in [1.29, 1.82) is 0 Å². The third-order valence-electron chi connectivity index (χ3n) is 5.27. The second-order valence-corrected chi connectivity index (χ2v) is 7.08. The summed E-state index contributed by atoms with van der Waals surface area (Å²) in [4.78, 5) is 14.5. The zero-order chi connectivity index (χ0) is 17.4. The van der Waals surface area contributed by atoms with Gasteiger partial charge in [0.15, 0.2) is 5.76 Å². The van der Waals surface area contributed by atoms with E-state index in [1.807, 2.05) is 18.7 Å². The average Bonchev–Trinajstić information content (AvgIpc) is 3.32. The van der Waals surface area contributed by atoms with Crippen LogP contribution < -0.4 is 5.32 Å². The molecule has 0 radical (unpaired) electrons. The maximum atomic E-state index is 12.0. The fraction of sp³-hybridized carbons (Fsp3) is 0.556. The van der Waals surface area contributed by atoms with Crippen molar-refractivity contribution in [2.24, 2.45) is 18.9 Å². The number of hydrogen-bond donors (Lipinski definition) is 1. The molecule has 0 aromatic carbocycles. The summed E-state index contributed by atoms with van der Waals surface area (Å²) < 4.78 is 13.1. The Balaban J connectivity index is 1.32. The van der Waals surface area contributed by atoms with Crippen LogP contribution in [0, 0.1) is 18.8 Å². The molecule has 4 rings (SSSR count). The van der Waals surface area contributed by atoms with E-state index in [2.05, 4.69) is 21.4 Å². The highest BCUT2D eigenvalue weighted by atomic mass is 16.5. The first-order valence-corrected chi connectivity index (χ1v) is 8.75. The Labute approximate surface area is 146 Å². The van der Waals surface area contributed by atoms with Gasteiger partial charge in [0.1, 0.15) is 0 Å². The lowest BCUT2D eigenvalue weighted by Gasteiger charge is -2.19. The number of amides is 1. The minimum absolute atomic E-state index is 0.159. The van der Waals surface area contributed by atoms with E-state index in [9.17, 15) is 4.79 Å². The van der Waals surface area contributed by atoms with E-state index in [0.717, 1.165) is 25.3 Å². The quantitative estimate of drug-likeness (QED) is 0.882. The average molecular weight is 344 g/mol. The summed E-state index contributed by atoms with van der Waals surface area (Å²) in [5.41, 5.74) is 2.27. The molecule has 1 N–H and O–H groups in total. The molecule has 0 spiro atoms. The summed E-state index contributed by atoms with van der Waals surface area (Å²) in [7, 11) is 1.99. The van der Waals surface area contributed by atoms with Gasteiger partial charge < -0.3 is 14.5 Å². The molecule has 4 heterocycles. The van der Waals surface area contributed by atoms with E-state index in [-0.39, 0.29) is 12.0 Å². The number of hydrogen-bond acceptors (Lipinski definition) is 5. The highest BCUT2D eigenvalue weighted by Crippen LogP contribution is 2.34. The zero-order valence-electron chi connectivity index (χ0n) is 14.6. The Morgan fingerprint density at radius 3 is 3.04 bits per heavy atom. The highest BCUT2D eigenvalue weighted by molar-refractivity contribution is 5.91. The SMILES string of the molecule is Cc1cc(CN2C[C@H]3[C@H](CNC(=O)c4ccco4)CO[C@H]3C2)n(C)n1. The van der Waals surface area contributed by atoms with Crippen LogP contribution in [0.1, 0.15) is 21.9 Å². The van der Waals surface area contributed by atoms with Crippen LogP contribution in [-0.4, -0.2) is 52.9 Å². The minimum atomic E-state index is -0.159. The van der Waals surface area contributed by atoms with Crippen molar-refractivity contribution in [3.63, 3.8) is 0 Å². The molecule has 2 aliphatic rings. The number of likely N-dealkylation sites (tertiary alicyclic amines) is 1. The van der Waals surface area contributed by atoms with E-state index >= 15 is 0 Å². The minimum Gasteiger partial charge on any atom is -0.459 e. The third kappa shape index (κ3) is 3.34. The predicted octanol–water partition coefficient (Wildman–Crippen LogP) is 1.20. The van der Waals surface area contributed by atoms with Crippen molar-refractivity contribution in [2.75, 3.05) is 26.2 Å². The smallest absolute Gasteiger partial charge is 0.286 e. The van der Waals surface area contributed by atoms with Gasteiger partial charge in [0.25, 0.3) is 5.91 Å². The molecular weight excluding hydrogens is 320 g/mol. The molecule has 2 aliphatic heterocycles. The van der Waals surface area contributed by atoms with Crippen LogP contribution in [0.5, 0.6) is 0 Å². The van der Waals surface area contributed by atoms with Gasteiger partial charge in [-0.05, 0) is 25.1 Å². The lowest BCUT2D eigenvalue weighted by molar-refractivity contribution is 0.0886. The Morgan fingerprint density at radius 1 is 1.44 bits per heavy atom. The molecule has 0 bridgehead atoms. The first-order chi connectivity index (χ1) is 12.1. The van der Waals surface area contributed by atoms with Crippen LogP contribution in [0.25, 0.3) is 0 Å². The summed E-state index contributed by atoms with van der Waals surface area (Å²) in [6.45, 7) is 6.18. The Bertz CT molecular complexity index is 740. The second-order valence-electron chi connectivity index (χ2n) is 7.08. The van der Waals surface area contributed by atoms with E-state index in [1.54, 1.807) is 12.1 Å². The second kappa shape index (κ2) is 6.65. The molecule has 7 nitrogen and oxygen atoms in total. The van der Waals surface area contributed by atoms with Gasteiger partial charge in [0, 0.05) is 45.1 Å². The van der Waals surface area contributed by atoms with Crippen LogP contribution in [-0.2, 0) is 18.3 Å². The first kappa shape index (κ1) is 16.4. The van der Waals surface area contributed by atoms with Gasteiger partial charge in [0.2, 0.25) is 0 Å². The maximum Gasteiger partial charge on any atom is 0.286 e. The molecule has 25 heavy (non-hydrogen) atoms. The number of nitrogens with one attached hydrogen (secondary N) is 1. The monoisotopic (exact) mass is 344 g/mol. The number of carbonyl (C=O) groups is 1. The summed E-state index contributed by atoms with van der Waals surface area (Å²) in [6, 6.07) is 5.53. The Hall–Kier alpha value is -2.12. The standard InChI is InChI=1S/C18H24N4O3/c1-12-6-14(21(2)20-12)8-22-9-15-13(11-25-17(15)10-22)7-19-18(23)16-4-3-5-24-16/h3-6,13,15,17H,7-11H2,1-2H3,(H,19,23)/t13-,15+,17+/m1/s1. The summed E-state index contributed by atoms with van der Waals surface area (Å²) in [6.07, 6.45) is 1.78. The molecule has 2 saturated heterocycles. The first-order valence-electron chi connectivity index (χ1n) is 8.75. The third-order valence-corrected chi connectivity index (χ3v) is 5.27. The van der Waals surface area contributed by atoms with Crippen molar-refractivity contribution in [3.8, 4) is 0 Å². The molecule has 0 saturated carbocycles. The largest absolute Gasteiger partial charge is 0.459 e. The van der Waals surface area contributed by atoms with Crippen molar-refractivity contribution < 1.29 is 13.9 Å². The van der Waals surface area contributed by atoms with Gasteiger partial charge in [-0.3, -0.25) is 14.4 Å². The molecule has 7 heteroatoms.